The predicted molar refractivity (Wildman–Crippen MR) is 102 cm³/mol. The van der Waals surface area contributed by atoms with Crippen molar-refractivity contribution < 1.29 is 19.1 Å². The molecule has 0 atom stereocenters. The summed E-state index contributed by atoms with van der Waals surface area (Å²) < 4.78 is 10.5. The van der Waals surface area contributed by atoms with Gasteiger partial charge in [0.25, 0.3) is 5.91 Å². The third-order valence-electron chi connectivity index (χ3n) is 4.02. The minimum atomic E-state index is -0.595. The lowest BCUT2D eigenvalue weighted by Gasteiger charge is -2.17. The van der Waals surface area contributed by atoms with Crippen LogP contribution in [0.1, 0.15) is 12.5 Å². The van der Waals surface area contributed by atoms with Crippen molar-refractivity contribution in [2.45, 2.75) is 13.5 Å². The van der Waals surface area contributed by atoms with Gasteiger partial charge in [-0.25, -0.2) is 0 Å². The second-order valence-electron chi connectivity index (χ2n) is 6.01. The van der Waals surface area contributed by atoms with Crippen LogP contribution in [0.25, 0.3) is 0 Å². The Morgan fingerprint density at radius 2 is 1.93 bits per heavy atom. The maximum absolute atomic E-state index is 12.4. The molecular weight excluding hydrogens is 360 g/mol. The summed E-state index contributed by atoms with van der Waals surface area (Å²) >= 11 is 0. The molecule has 0 saturated carbocycles. The molecule has 3 N–H and O–H groups in total. The Labute approximate surface area is 161 Å². The highest BCUT2D eigenvalue weighted by Crippen LogP contribution is 2.32. The quantitative estimate of drug-likeness (QED) is 0.467. The van der Waals surface area contributed by atoms with Crippen LogP contribution in [0.2, 0.25) is 0 Å². The monoisotopic (exact) mass is 378 g/mol. The summed E-state index contributed by atoms with van der Waals surface area (Å²) in [6.07, 6.45) is 1.21. The van der Waals surface area contributed by atoms with Crippen molar-refractivity contribution in [1.82, 2.24) is 5.32 Å². The van der Waals surface area contributed by atoms with Crippen LogP contribution in [0.4, 0.5) is 11.4 Å². The molecule has 1 aliphatic heterocycles. The second kappa shape index (κ2) is 8.14. The van der Waals surface area contributed by atoms with E-state index in [1.807, 2.05) is 6.07 Å². The zero-order chi connectivity index (χ0) is 20.1. The van der Waals surface area contributed by atoms with E-state index in [0.29, 0.717) is 22.9 Å². The van der Waals surface area contributed by atoms with Crippen molar-refractivity contribution in [3.8, 4) is 17.6 Å². The molecule has 0 aromatic heterocycles. The molecule has 2 aromatic rings. The number of amides is 2. The Morgan fingerprint density at radius 1 is 1.21 bits per heavy atom. The van der Waals surface area contributed by atoms with E-state index in [2.05, 4.69) is 5.32 Å². The number of nitrogens with one attached hydrogen (secondary N) is 1. The van der Waals surface area contributed by atoms with E-state index in [4.69, 9.17) is 15.2 Å². The standard InChI is InChI=1S/C20H18N4O4/c1-13(25)24(17-5-3-16(22)4-6-17)11-15(9-21)20(26)23-10-14-2-7-18-19(8-14)28-12-27-18/h2-8,11H,10,12,22H2,1H3,(H,23,26)/b15-11-. The smallest absolute Gasteiger partial charge is 0.263 e. The Bertz CT molecular complexity index is 977. The van der Waals surface area contributed by atoms with Crippen molar-refractivity contribution in [3.05, 3.63) is 59.8 Å². The average molecular weight is 378 g/mol. The number of carbonyl (C=O) groups is 2. The highest BCUT2D eigenvalue weighted by Gasteiger charge is 2.16. The van der Waals surface area contributed by atoms with E-state index >= 15 is 0 Å². The van der Waals surface area contributed by atoms with Crippen LogP contribution in [-0.4, -0.2) is 18.6 Å². The molecule has 0 unspecified atom stereocenters. The van der Waals surface area contributed by atoms with Gasteiger partial charge in [-0.2, -0.15) is 5.26 Å². The van der Waals surface area contributed by atoms with Crippen molar-refractivity contribution in [2.75, 3.05) is 17.4 Å². The number of benzene rings is 2. The number of carbonyl (C=O) groups excluding carboxylic acids is 2. The SMILES string of the molecule is CC(=O)N(/C=C(/C#N)C(=O)NCc1ccc2c(c1)OCO2)c1ccc(N)cc1. The van der Waals surface area contributed by atoms with Crippen LogP contribution in [0.5, 0.6) is 11.5 Å². The predicted octanol–water partition coefficient (Wildman–Crippen LogP) is 2.07. The fraction of sp³-hybridized carbons (Fsp3) is 0.150. The molecule has 8 heteroatoms. The van der Waals surface area contributed by atoms with E-state index in [0.717, 1.165) is 5.56 Å². The van der Waals surface area contributed by atoms with E-state index in [1.54, 1.807) is 42.5 Å². The van der Waals surface area contributed by atoms with Crippen molar-refractivity contribution in [1.29, 1.82) is 5.26 Å². The second-order valence-corrected chi connectivity index (χ2v) is 6.01. The van der Waals surface area contributed by atoms with E-state index in [-0.39, 0.29) is 24.8 Å². The Kier molecular flexibility index (Phi) is 5.46. The zero-order valence-corrected chi connectivity index (χ0v) is 15.1. The lowest BCUT2D eigenvalue weighted by Crippen LogP contribution is -2.28. The molecule has 0 spiro atoms. The lowest BCUT2D eigenvalue weighted by molar-refractivity contribution is -0.117. The number of hydrogen-bond acceptors (Lipinski definition) is 6. The minimum absolute atomic E-state index is 0.165. The highest BCUT2D eigenvalue weighted by molar-refractivity contribution is 6.01. The van der Waals surface area contributed by atoms with Gasteiger partial charge in [0.15, 0.2) is 11.5 Å². The Balaban J connectivity index is 1.73. The van der Waals surface area contributed by atoms with Gasteiger partial charge in [-0.15, -0.1) is 0 Å². The molecular formula is C20H18N4O4. The van der Waals surface area contributed by atoms with Crippen LogP contribution < -0.4 is 25.4 Å². The first kappa shape index (κ1) is 18.8. The van der Waals surface area contributed by atoms with Crippen molar-refractivity contribution in [2.24, 2.45) is 0 Å². The van der Waals surface area contributed by atoms with Crippen LogP contribution in [0.15, 0.2) is 54.2 Å². The van der Waals surface area contributed by atoms with Crippen LogP contribution in [0.3, 0.4) is 0 Å². The van der Waals surface area contributed by atoms with Gasteiger partial charge < -0.3 is 20.5 Å². The zero-order valence-electron chi connectivity index (χ0n) is 15.1. The molecule has 0 fully saturated rings. The molecule has 0 bridgehead atoms. The Morgan fingerprint density at radius 3 is 2.61 bits per heavy atom. The normalized spacial score (nSPS) is 12.2. The first-order chi connectivity index (χ1) is 13.5. The number of nitrogens with zero attached hydrogens (tertiary/aromatic N) is 2. The van der Waals surface area contributed by atoms with Gasteiger partial charge in [0.1, 0.15) is 11.6 Å². The molecule has 28 heavy (non-hydrogen) atoms. The van der Waals surface area contributed by atoms with E-state index < -0.39 is 5.91 Å². The average Bonchev–Trinajstić information content (AvgIpc) is 3.15. The van der Waals surface area contributed by atoms with Gasteiger partial charge in [-0.1, -0.05) is 6.07 Å². The summed E-state index contributed by atoms with van der Waals surface area (Å²) in [7, 11) is 0. The molecule has 1 aliphatic rings. The van der Waals surface area contributed by atoms with E-state index in [9.17, 15) is 14.9 Å². The third-order valence-corrected chi connectivity index (χ3v) is 4.02. The number of fused-ring (bicyclic) bond motifs is 1. The molecule has 0 saturated heterocycles. The number of hydrogen-bond donors (Lipinski definition) is 2. The van der Waals surface area contributed by atoms with Crippen molar-refractivity contribution in [3.63, 3.8) is 0 Å². The number of ether oxygens (including phenoxy) is 2. The highest BCUT2D eigenvalue weighted by atomic mass is 16.7. The summed E-state index contributed by atoms with van der Waals surface area (Å²) in [4.78, 5) is 25.6. The molecule has 2 aromatic carbocycles. The van der Waals surface area contributed by atoms with Gasteiger partial charge in [0.2, 0.25) is 12.7 Å². The molecule has 8 nitrogen and oxygen atoms in total. The minimum Gasteiger partial charge on any atom is -0.454 e. The van der Waals surface area contributed by atoms with Gasteiger partial charge in [-0.05, 0) is 42.0 Å². The summed E-state index contributed by atoms with van der Waals surface area (Å²) in [5.41, 5.74) is 7.28. The summed E-state index contributed by atoms with van der Waals surface area (Å²) in [5, 5.41) is 12.0. The number of anilines is 2. The number of nitrogens with two attached hydrogens (primary N) is 1. The van der Waals surface area contributed by atoms with E-state index in [1.165, 1.54) is 18.0 Å². The van der Waals surface area contributed by atoms with Gasteiger partial charge in [0, 0.05) is 31.0 Å². The molecule has 0 radical (unpaired) electrons. The summed E-state index contributed by atoms with van der Waals surface area (Å²) in [5.74, 6) is 0.310. The fourth-order valence-electron chi connectivity index (χ4n) is 2.58. The maximum Gasteiger partial charge on any atom is 0.263 e. The molecule has 0 aliphatic carbocycles. The molecule has 3 rings (SSSR count). The maximum atomic E-state index is 12.4. The first-order valence-corrected chi connectivity index (χ1v) is 8.42. The van der Waals surface area contributed by atoms with Gasteiger partial charge in [-0.3, -0.25) is 14.5 Å². The first-order valence-electron chi connectivity index (χ1n) is 8.42. The summed E-state index contributed by atoms with van der Waals surface area (Å²) in [6, 6.07) is 13.7. The molecule has 1 heterocycles. The molecule has 142 valence electrons. The third kappa shape index (κ3) is 4.22. The largest absolute Gasteiger partial charge is 0.454 e. The number of nitriles is 1. The summed E-state index contributed by atoms with van der Waals surface area (Å²) in [6.45, 7) is 1.70. The molecule has 2 amide bonds. The van der Waals surface area contributed by atoms with Crippen molar-refractivity contribution >= 4 is 23.2 Å². The Hall–Kier alpha value is -3.99. The fourth-order valence-corrected chi connectivity index (χ4v) is 2.58. The van der Waals surface area contributed by atoms with Gasteiger partial charge >= 0.3 is 0 Å². The topological polar surface area (TPSA) is 118 Å². The van der Waals surface area contributed by atoms with Gasteiger partial charge in [0.05, 0.1) is 0 Å². The number of rotatable bonds is 5. The van der Waals surface area contributed by atoms with Crippen LogP contribution in [0, 0.1) is 11.3 Å². The lowest BCUT2D eigenvalue weighted by atomic mass is 10.2. The number of nitrogen functional groups attached to an aromatic ring is 1. The van der Waals surface area contributed by atoms with Crippen LogP contribution in [-0.2, 0) is 16.1 Å². The van der Waals surface area contributed by atoms with Crippen LogP contribution >= 0.6 is 0 Å².